The zero-order valence-electron chi connectivity index (χ0n) is 12.5. The molecule has 0 aromatic heterocycles. The summed E-state index contributed by atoms with van der Waals surface area (Å²) in [5.74, 6) is -0.688. The Bertz CT molecular complexity index is 685. The van der Waals surface area contributed by atoms with Gasteiger partial charge in [0.25, 0.3) is 0 Å². The molecular formula is C19H20O3. The van der Waals surface area contributed by atoms with Crippen molar-refractivity contribution in [1.29, 1.82) is 0 Å². The second-order valence-electron chi connectivity index (χ2n) is 6.00. The maximum Gasteiger partial charge on any atom is 0.339 e. The molecule has 22 heavy (non-hydrogen) atoms. The van der Waals surface area contributed by atoms with E-state index in [-0.39, 0.29) is 11.3 Å². The lowest BCUT2D eigenvalue weighted by Crippen LogP contribution is -2.04. The van der Waals surface area contributed by atoms with Crippen LogP contribution in [0.4, 0.5) is 0 Å². The second-order valence-corrected chi connectivity index (χ2v) is 6.00. The van der Waals surface area contributed by atoms with Gasteiger partial charge in [0.15, 0.2) is 0 Å². The van der Waals surface area contributed by atoms with Crippen LogP contribution >= 0.6 is 0 Å². The van der Waals surface area contributed by atoms with Gasteiger partial charge >= 0.3 is 5.97 Å². The first kappa shape index (κ1) is 14.6. The number of aromatic carboxylic acids is 1. The molecule has 2 aromatic rings. The minimum atomic E-state index is -1.11. The van der Waals surface area contributed by atoms with Crippen LogP contribution in [-0.4, -0.2) is 16.2 Å². The highest BCUT2D eigenvalue weighted by molar-refractivity contribution is 5.92. The highest BCUT2D eigenvalue weighted by Crippen LogP contribution is 2.35. The molecule has 0 saturated heterocycles. The van der Waals surface area contributed by atoms with Crippen molar-refractivity contribution in [2.75, 3.05) is 0 Å². The number of aromatic hydroxyl groups is 1. The molecule has 3 nitrogen and oxygen atoms in total. The number of hydrogen-bond acceptors (Lipinski definition) is 2. The van der Waals surface area contributed by atoms with E-state index in [0.717, 1.165) is 11.1 Å². The molecule has 1 aliphatic rings. The normalized spacial score (nSPS) is 15.6. The van der Waals surface area contributed by atoms with Gasteiger partial charge in [0.2, 0.25) is 0 Å². The Kier molecular flexibility index (Phi) is 4.14. The van der Waals surface area contributed by atoms with Crippen molar-refractivity contribution in [3.63, 3.8) is 0 Å². The van der Waals surface area contributed by atoms with Crippen LogP contribution < -0.4 is 0 Å². The van der Waals surface area contributed by atoms with Gasteiger partial charge in [0, 0.05) is 0 Å². The van der Waals surface area contributed by atoms with Crippen molar-refractivity contribution in [1.82, 2.24) is 0 Å². The zero-order valence-corrected chi connectivity index (χ0v) is 12.5. The Morgan fingerprint density at radius 1 is 0.955 bits per heavy atom. The van der Waals surface area contributed by atoms with Crippen LogP contribution in [0.3, 0.4) is 0 Å². The van der Waals surface area contributed by atoms with Gasteiger partial charge in [-0.15, -0.1) is 0 Å². The van der Waals surface area contributed by atoms with Gasteiger partial charge < -0.3 is 10.2 Å². The molecule has 2 aromatic carbocycles. The lowest BCUT2D eigenvalue weighted by Gasteiger charge is -2.22. The predicted molar refractivity (Wildman–Crippen MR) is 86.3 cm³/mol. The molecule has 114 valence electrons. The summed E-state index contributed by atoms with van der Waals surface area (Å²) in [6, 6.07) is 13.1. The van der Waals surface area contributed by atoms with Crippen LogP contribution in [0, 0.1) is 0 Å². The quantitative estimate of drug-likeness (QED) is 0.855. The van der Waals surface area contributed by atoms with E-state index in [1.165, 1.54) is 49.8 Å². The Hall–Kier alpha value is -2.29. The molecular weight excluding hydrogens is 276 g/mol. The number of hydrogen-bond donors (Lipinski definition) is 2. The molecule has 0 unspecified atom stereocenters. The molecule has 1 aliphatic carbocycles. The smallest absolute Gasteiger partial charge is 0.339 e. The molecule has 0 aliphatic heterocycles. The van der Waals surface area contributed by atoms with E-state index >= 15 is 0 Å². The van der Waals surface area contributed by atoms with E-state index in [1.807, 2.05) is 12.1 Å². The number of benzene rings is 2. The minimum absolute atomic E-state index is 0.0550. The maximum atomic E-state index is 11.2. The number of rotatable bonds is 3. The average molecular weight is 296 g/mol. The first-order valence-corrected chi connectivity index (χ1v) is 7.82. The first-order valence-electron chi connectivity index (χ1n) is 7.82. The standard InChI is InChI=1S/C19H20O3/c20-18-10-9-16(12-17(18)19(21)22)15-8-4-7-14(11-15)13-5-2-1-3-6-13/h4,7-13,20H,1-3,5-6H2,(H,21,22). The summed E-state index contributed by atoms with van der Waals surface area (Å²) in [6.45, 7) is 0. The number of phenols is 1. The van der Waals surface area contributed by atoms with Gasteiger partial charge in [-0.05, 0) is 47.6 Å². The van der Waals surface area contributed by atoms with E-state index in [4.69, 9.17) is 5.11 Å². The molecule has 0 amide bonds. The Balaban J connectivity index is 1.95. The molecule has 0 spiro atoms. The topological polar surface area (TPSA) is 57.5 Å². The molecule has 2 N–H and O–H groups in total. The maximum absolute atomic E-state index is 11.2. The average Bonchev–Trinajstić information content (AvgIpc) is 2.56. The summed E-state index contributed by atoms with van der Waals surface area (Å²) in [7, 11) is 0. The van der Waals surface area contributed by atoms with E-state index in [1.54, 1.807) is 6.07 Å². The van der Waals surface area contributed by atoms with Gasteiger partial charge in [-0.2, -0.15) is 0 Å². The highest BCUT2D eigenvalue weighted by atomic mass is 16.4. The molecule has 3 heteroatoms. The van der Waals surface area contributed by atoms with Crippen LogP contribution in [0.15, 0.2) is 42.5 Å². The van der Waals surface area contributed by atoms with Crippen molar-refractivity contribution in [3.8, 4) is 16.9 Å². The fourth-order valence-electron chi connectivity index (χ4n) is 3.29. The van der Waals surface area contributed by atoms with Crippen LogP contribution in [0.5, 0.6) is 5.75 Å². The van der Waals surface area contributed by atoms with Crippen molar-refractivity contribution in [3.05, 3.63) is 53.6 Å². The van der Waals surface area contributed by atoms with Crippen LogP contribution in [-0.2, 0) is 0 Å². The summed E-state index contributed by atoms with van der Waals surface area (Å²) in [5, 5.41) is 18.8. The lowest BCUT2D eigenvalue weighted by atomic mass is 9.83. The largest absolute Gasteiger partial charge is 0.507 e. The summed E-state index contributed by atoms with van der Waals surface area (Å²) >= 11 is 0. The van der Waals surface area contributed by atoms with E-state index in [2.05, 4.69) is 12.1 Å². The molecule has 0 bridgehead atoms. The Morgan fingerprint density at radius 2 is 1.68 bits per heavy atom. The van der Waals surface area contributed by atoms with Gasteiger partial charge in [-0.1, -0.05) is 49.6 Å². The summed E-state index contributed by atoms with van der Waals surface area (Å²) in [6.07, 6.45) is 6.38. The lowest BCUT2D eigenvalue weighted by molar-refractivity contribution is 0.0694. The fourth-order valence-corrected chi connectivity index (χ4v) is 3.29. The van der Waals surface area contributed by atoms with Crippen LogP contribution in [0.25, 0.3) is 11.1 Å². The summed E-state index contributed by atoms with van der Waals surface area (Å²) in [4.78, 5) is 11.2. The first-order chi connectivity index (χ1) is 10.6. The summed E-state index contributed by atoms with van der Waals surface area (Å²) < 4.78 is 0. The number of carboxylic acid groups (broad SMARTS) is 1. The minimum Gasteiger partial charge on any atom is -0.507 e. The molecule has 0 radical (unpaired) electrons. The molecule has 1 saturated carbocycles. The van der Waals surface area contributed by atoms with Crippen molar-refractivity contribution < 1.29 is 15.0 Å². The Morgan fingerprint density at radius 3 is 2.41 bits per heavy atom. The number of carboxylic acids is 1. The SMILES string of the molecule is O=C(O)c1cc(-c2cccc(C3CCCCC3)c2)ccc1O. The van der Waals surface area contributed by atoms with Crippen molar-refractivity contribution in [2.45, 2.75) is 38.0 Å². The predicted octanol–water partition coefficient (Wildman–Crippen LogP) is 4.81. The monoisotopic (exact) mass is 296 g/mol. The fraction of sp³-hybridized carbons (Fsp3) is 0.316. The van der Waals surface area contributed by atoms with Crippen molar-refractivity contribution in [2.24, 2.45) is 0 Å². The van der Waals surface area contributed by atoms with Gasteiger partial charge in [-0.25, -0.2) is 4.79 Å². The summed E-state index contributed by atoms with van der Waals surface area (Å²) in [5.41, 5.74) is 3.11. The molecule has 0 atom stereocenters. The molecule has 3 rings (SSSR count). The molecule has 1 fully saturated rings. The van der Waals surface area contributed by atoms with Crippen LogP contribution in [0.2, 0.25) is 0 Å². The second kappa shape index (κ2) is 6.22. The third kappa shape index (κ3) is 2.98. The van der Waals surface area contributed by atoms with E-state index < -0.39 is 5.97 Å². The Labute approximate surface area is 130 Å². The van der Waals surface area contributed by atoms with Crippen molar-refractivity contribution >= 4 is 5.97 Å². The highest BCUT2D eigenvalue weighted by Gasteiger charge is 2.16. The van der Waals surface area contributed by atoms with Gasteiger partial charge in [-0.3, -0.25) is 0 Å². The van der Waals surface area contributed by atoms with Crippen LogP contribution in [0.1, 0.15) is 53.9 Å². The van der Waals surface area contributed by atoms with Gasteiger partial charge in [0.05, 0.1) is 0 Å². The third-order valence-electron chi connectivity index (χ3n) is 4.52. The third-order valence-corrected chi connectivity index (χ3v) is 4.52. The molecule has 0 heterocycles. The van der Waals surface area contributed by atoms with E-state index in [0.29, 0.717) is 5.92 Å². The number of carbonyl (C=O) groups is 1. The zero-order chi connectivity index (χ0) is 15.5. The van der Waals surface area contributed by atoms with Gasteiger partial charge in [0.1, 0.15) is 11.3 Å². The van der Waals surface area contributed by atoms with E-state index in [9.17, 15) is 9.90 Å².